The second kappa shape index (κ2) is 9.90. The summed E-state index contributed by atoms with van der Waals surface area (Å²) in [5.74, 6) is 0.947. The summed E-state index contributed by atoms with van der Waals surface area (Å²) >= 11 is 1.89. The molecule has 0 atom stereocenters. The maximum absolute atomic E-state index is 11.5. The van der Waals surface area contributed by atoms with Crippen LogP contribution in [-0.2, 0) is 24.2 Å². The van der Waals surface area contributed by atoms with E-state index in [2.05, 4.69) is 27.7 Å². The number of anilines is 1. The zero-order chi connectivity index (χ0) is 19.1. The average Bonchev–Trinajstić information content (AvgIpc) is 3.17. The molecule has 0 spiro atoms. The molecule has 2 aromatic rings. The standard InChI is InChI=1S/C20H24N2O2S.C2H6/c23-20-6-4-15-3-5-17(13-18(15)21-20)24-11-2-1-9-22-10-7-16-8-12-25-19(16)14-22;1-2/h3,5,8,12-13H,1-2,4,6-7,9-11,14H2,(H,21,23);1-2H3. The van der Waals surface area contributed by atoms with Crippen molar-refractivity contribution in [2.75, 3.05) is 25.0 Å². The summed E-state index contributed by atoms with van der Waals surface area (Å²) in [6.45, 7) is 8.15. The smallest absolute Gasteiger partial charge is 0.224 e. The molecule has 1 aromatic heterocycles. The highest BCUT2D eigenvalue weighted by Crippen LogP contribution is 2.27. The molecular weight excluding hydrogens is 356 g/mol. The minimum atomic E-state index is 0.0973. The van der Waals surface area contributed by atoms with E-state index in [0.717, 1.165) is 50.4 Å². The molecule has 27 heavy (non-hydrogen) atoms. The second-order valence-electron chi connectivity index (χ2n) is 6.82. The molecule has 146 valence electrons. The number of thiophene rings is 1. The van der Waals surface area contributed by atoms with E-state index in [1.807, 2.05) is 37.3 Å². The molecule has 0 radical (unpaired) electrons. The van der Waals surface area contributed by atoms with Crippen LogP contribution in [0.25, 0.3) is 0 Å². The van der Waals surface area contributed by atoms with Crippen LogP contribution in [-0.4, -0.2) is 30.5 Å². The minimum absolute atomic E-state index is 0.0973. The number of nitrogens with zero attached hydrogens (tertiary/aromatic N) is 1. The zero-order valence-corrected chi connectivity index (χ0v) is 17.2. The Bertz CT molecular complexity index is 757. The van der Waals surface area contributed by atoms with E-state index < -0.39 is 0 Å². The van der Waals surface area contributed by atoms with Crippen molar-refractivity contribution in [3.8, 4) is 5.75 Å². The number of amides is 1. The summed E-state index contributed by atoms with van der Waals surface area (Å²) in [7, 11) is 0. The Kier molecular flexibility index (Phi) is 7.30. The fourth-order valence-electron chi connectivity index (χ4n) is 3.55. The normalized spacial score (nSPS) is 15.9. The van der Waals surface area contributed by atoms with Gasteiger partial charge in [0.05, 0.1) is 6.61 Å². The SMILES string of the molecule is CC.O=C1CCc2ccc(OCCCCN3CCc4ccsc4C3)cc2N1. The maximum atomic E-state index is 11.5. The molecule has 5 heteroatoms. The van der Waals surface area contributed by atoms with Gasteiger partial charge in [-0.05, 0) is 60.9 Å². The van der Waals surface area contributed by atoms with Gasteiger partial charge in [-0.3, -0.25) is 9.69 Å². The lowest BCUT2D eigenvalue weighted by Crippen LogP contribution is -2.30. The van der Waals surface area contributed by atoms with E-state index in [1.54, 1.807) is 10.4 Å². The lowest BCUT2D eigenvalue weighted by molar-refractivity contribution is -0.116. The van der Waals surface area contributed by atoms with Crippen LogP contribution in [0.3, 0.4) is 0 Å². The number of hydrogen-bond donors (Lipinski definition) is 1. The minimum Gasteiger partial charge on any atom is -0.494 e. The molecule has 1 aromatic carbocycles. The van der Waals surface area contributed by atoms with Crippen molar-refractivity contribution < 1.29 is 9.53 Å². The van der Waals surface area contributed by atoms with Crippen LogP contribution in [0.5, 0.6) is 5.75 Å². The topological polar surface area (TPSA) is 41.6 Å². The molecule has 0 bridgehead atoms. The Morgan fingerprint density at radius 1 is 1.11 bits per heavy atom. The Morgan fingerprint density at radius 3 is 2.89 bits per heavy atom. The number of hydrogen-bond acceptors (Lipinski definition) is 4. The van der Waals surface area contributed by atoms with Crippen LogP contribution < -0.4 is 10.1 Å². The quantitative estimate of drug-likeness (QED) is 0.720. The van der Waals surface area contributed by atoms with Gasteiger partial charge < -0.3 is 10.1 Å². The van der Waals surface area contributed by atoms with Gasteiger partial charge >= 0.3 is 0 Å². The molecule has 0 unspecified atom stereocenters. The molecule has 3 heterocycles. The van der Waals surface area contributed by atoms with Crippen LogP contribution in [0.1, 0.15) is 49.1 Å². The molecule has 0 saturated carbocycles. The third kappa shape index (κ3) is 5.33. The first-order valence-corrected chi connectivity index (χ1v) is 11.0. The number of nitrogens with one attached hydrogen (secondary N) is 1. The average molecular weight is 387 g/mol. The molecule has 2 aliphatic rings. The summed E-state index contributed by atoms with van der Waals surface area (Å²) in [5.41, 5.74) is 3.66. The number of carbonyl (C=O) groups excluding carboxylic acids is 1. The first-order chi connectivity index (χ1) is 13.3. The van der Waals surface area contributed by atoms with Gasteiger partial charge in [0.25, 0.3) is 0 Å². The van der Waals surface area contributed by atoms with Gasteiger partial charge in [0.2, 0.25) is 5.91 Å². The van der Waals surface area contributed by atoms with E-state index in [0.29, 0.717) is 6.42 Å². The van der Waals surface area contributed by atoms with Crippen molar-refractivity contribution >= 4 is 22.9 Å². The van der Waals surface area contributed by atoms with Crippen molar-refractivity contribution in [1.82, 2.24) is 4.90 Å². The number of benzene rings is 1. The van der Waals surface area contributed by atoms with E-state index in [9.17, 15) is 4.79 Å². The summed E-state index contributed by atoms with van der Waals surface area (Å²) in [6, 6.07) is 8.30. The van der Waals surface area contributed by atoms with Gasteiger partial charge in [0.15, 0.2) is 0 Å². The number of fused-ring (bicyclic) bond motifs is 2. The van der Waals surface area contributed by atoms with Crippen molar-refractivity contribution in [3.05, 3.63) is 45.6 Å². The van der Waals surface area contributed by atoms with Gasteiger partial charge in [-0.2, -0.15) is 0 Å². The Morgan fingerprint density at radius 2 is 2.00 bits per heavy atom. The van der Waals surface area contributed by atoms with Crippen LogP contribution in [0.2, 0.25) is 0 Å². The Balaban J connectivity index is 0.00000102. The predicted molar refractivity (Wildman–Crippen MR) is 113 cm³/mol. The van der Waals surface area contributed by atoms with Crippen LogP contribution in [0.4, 0.5) is 5.69 Å². The molecule has 4 nitrogen and oxygen atoms in total. The van der Waals surface area contributed by atoms with Crippen LogP contribution in [0, 0.1) is 0 Å². The van der Waals surface area contributed by atoms with E-state index >= 15 is 0 Å². The Labute approximate surface area is 166 Å². The summed E-state index contributed by atoms with van der Waals surface area (Å²) in [4.78, 5) is 15.6. The third-order valence-electron chi connectivity index (χ3n) is 5.02. The fourth-order valence-corrected chi connectivity index (χ4v) is 4.52. The molecule has 4 rings (SSSR count). The molecule has 2 aliphatic heterocycles. The summed E-state index contributed by atoms with van der Waals surface area (Å²) in [5, 5.41) is 5.14. The Hall–Kier alpha value is -1.85. The number of unbranched alkanes of at least 4 members (excludes halogenated alkanes) is 1. The lowest BCUT2D eigenvalue weighted by atomic mass is 10.0. The monoisotopic (exact) mass is 386 g/mol. The predicted octanol–water partition coefficient (Wildman–Crippen LogP) is 4.88. The number of ether oxygens (including phenoxy) is 1. The zero-order valence-electron chi connectivity index (χ0n) is 16.4. The largest absolute Gasteiger partial charge is 0.494 e. The van der Waals surface area contributed by atoms with E-state index in [1.165, 1.54) is 18.5 Å². The molecule has 0 fully saturated rings. The van der Waals surface area contributed by atoms with Crippen LogP contribution in [0.15, 0.2) is 29.6 Å². The van der Waals surface area contributed by atoms with E-state index in [4.69, 9.17) is 4.74 Å². The van der Waals surface area contributed by atoms with Crippen LogP contribution >= 0.6 is 11.3 Å². The highest BCUT2D eigenvalue weighted by Gasteiger charge is 2.17. The molecule has 0 saturated heterocycles. The molecular formula is C22H30N2O2S. The highest BCUT2D eigenvalue weighted by atomic mass is 32.1. The van der Waals surface area contributed by atoms with Crippen molar-refractivity contribution in [2.45, 2.75) is 52.5 Å². The number of rotatable bonds is 6. The number of carbonyl (C=O) groups is 1. The lowest BCUT2D eigenvalue weighted by Gasteiger charge is -2.26. The van der Waals surface area contributed by atoms with Crippen molar-refractivity contribution in [3.63, 3.8) is 0 Å². The first-order valence-electron chi connectivity index (χ1n) is 10.1. The fraction of sp³-hybridized carbons (Fsp3) is 0.500. The van der Waals surface area contributed by atoms with Gasteiger partial charge in [-0.25, -0.2) is 0 Å². The number of aryl methyl sites for hydroxylation is 1. The van der Waals surface area contributed by atoms with Gasteiger partial charge in [-0.1, -0.05) is 19.9 Å². The van der Waals surface area contributed by atoms with Gasteiger partial charge in [0, 0.05) is 36.1 Å². The molecule has 1 N–H and O–H groups in total. The summed E-state index contributed by atoms with van der Waals surface area (Å²) < 4.78 is 5.87. The van der Waals surface area contributed by atoms with Gasteiger partial charge in [-0.15, -0.1) is 11.3 Å². The first kappa shape index (κ1) is 19.9. The second-order valence-corrected chi connectivity index (χ2v) is 7.82. The van der Waals surface area contributed by atoms with Crippen molar-refractivity contribution in [2.24, 2.45) is 0 Å². The maximum Gasteiger partial charge on any atom is 0.224 e. The summed E-state index contributed by atoms with van der Waals surface area (Å²) in [6.07, 6.45) is 4.80. The molecule has 1 amide bonds. The highest BCUT2D eigenvalue weighted by molar-refractivity contribution is 7.10. The third-order valence-corrected chi connectivity index (χ3v) is 5.96. The van der Waals surface area contributed by atoms with Crippen molar-refractivity contribution in [1.29, 1.82) is 0 Å². The van der Waals surface area contributed by atoms with Gasteiger partial charge in [0.1, 0.15) is 5.75 Å². The van der Waals surface area contributed by atoms with E-state index in [-0.39, 0.29) is 5.91 Å². The molecule has 0 aliphatic carbocycles.